The van der Waals surface area contributed by atoms with Crippen molar-refractivity contribution in [2.75, 3.05) is 26.2 Å². The number of likely N-dealkylation sites (tertiary alicyclic amines) is 2. The van der Waals surface area contributed by atoms with Crippen LogP contribution in [0.2, 0.25) is 0 Å². The SMILES string of the molecule is O=C(c1ccc(-c2ccc(C(F)(F)F)s2)cc1)N1CC(C2CCN(C(=O)c3ccc[nH]3)CC2)C1. The number of nitrogens with zero attached hydrogens (tertiary/aromatic N) is 2. The largest absolute Gasteiger partial charge is 0.425 e. The standard InChI is InChI=1S/C25H24F3N3O2S/c26-25(27,28)22-8-7-21(34-22)17-3-5-18(6-4-17)23(32)31-14-19(15-31)16-9-12-30(13-10-16)24(33)20-2-1-11-29-20/h1-8,11,16,19,29H,9-10,12-15H2. The topological polar surface area (TPSA) is 56.4 Å². The molecule has 2 saturated heterocycles. The van der Waals surface area contributed by atoms with Gasteiger partial charge in [-0.05, 0) is 66.6 Å². The number of amides is 2. The number of aromatic nitrogens is 1. The van der Waals surface area contributed by atoms with Crippen molar-refractivity contribution in [1.29, 1.82) is 0 Å². The summed E-state index contributed by atoms with van der Waals surface area (Å²) >= 11 is 0.700. The number of hydrogen-bond acceptors (Lipinski definition) is 3. The summed E-state index contributed by atoms with van der Waals surface area (Å²) in [7, 11) is 0. The van der Waals surface area contributed by atoms with Gasteiger partial charge < -0.3 is 14.8 Å². The van der Waals surface area contributed by atoms with Crippen LogP contribution in [0.3, 0.4) is 0 Å². The molecule has 34 heavy (non-hydrogen) atoms. The number of carbonyl (C=O) groups excluding carboxylic acids is 2. The van der Waals surface area contributed by atoms with Gasteiger partial charge in [0.25, 0.3) is 11.8 Å². The van der Waals surface area contributed by atoms with Gasteiger partial charge in [0.2, 0.25) is 0 Å². The molecule has 0 unspecified atom stereocenters. The van der Waals surface area contributed by atoms with Crippen LogP contribution < -0.4 is 0 Å². The van der Waals surface area contributed by atoms with E-state index in [1.807, 2.05) is 15.9 Å². The third kappa shape index (κ3) is 4.49. The number of H-pyrrole nitrogens is 1. The van der Waals surface area contributed by atoms with E-state index in [-0.39, 0.29) is 11.8 Å². The first-order valence-electron chi connectivity index (χ1n) is 11.3. The summed E-state index contributed by atoms with van der Waals surface area (Å²) in [6.45, 7) is 2.87. The van der Waals surface area contributed by atoms with E-state index in [1.54, 1.807) is 36.5 Å². The Labute approximate surface area is 199 Å². The van der Waals surface area contributed by atoms with E-state index in [9.17, 15) is 22.8 Å². The Kier molecular flexibility index (Phi) is 5.97. The lowest BCUT2D eigenvalue weighted by molar-refractivity contribution is -0.134. The summed E-state index contributed by atoms with van der Waals surface area (Å²) in [4.78, 5) is 31.9. The van der Waals surface area contributed by atoms with Gasteiger partial charge in [-0.2, -0.15) is 13.2 Å². The van der Waals surface area contributed by atoms with E-state index in [0.29, 0.717) is 58.0 Å². The highest BCUT2D eigenvalue weighted by molar-refractivity contribution is 7.15. The van der Waals surface area contributed by atoms with E-state index in [0.717, 1.165) is 32.0 Å². The van der Waals surface area contributed by atoms with Gasteiger partial charge in [-0.15, -0.1) is 11.3 Å². The number of thiophene rings is 1. The molecule has 1 N–H and O–H groups in total. The zero-order valence-electron chi connectivity index (χ0n) is 18.3. The Hall–Kier alpha value is -3.07. The average molecular weight is 488 g/mol. The number of nitrogens with one attached hydrogen (secondary N) is 1. The molecule has 5 rings (SSSR count). The van der Waals surface area contributed by atoms with E-state index in [1.165, 1.54) is 6.07 Å². The van der Waals surface area contributed by atoms with Crippen molar-refractivity contribution in [2.45, 2.75) is 19.0 Å². The van der Waals surface area contributed by atoms with Crippen LogP contribution in [-0.4, -0.2) is 52.8 Å². The van der Waals surface area contributed by atoms with Crippen LogP contribution in [0.1, 0.15) is 38.6 Å². The molecule has 4 heterocycles. The van der Waals surface area contributed by atoms with Gasteiger partial charge in [0, 0.05) is 42.8 Å². The Morgan fingerprint density at radius 1 is 0.882 bits per heavy atom. The normalized spacial score (nSPS) is 17.6. The van der Waals surface area contributed by atoms with E-state index in [2.05, 4.69) is 4.98 Å². The van der Waals surface area contributed by atoms with Crippen LogP contribution in [0.4, 0.5) is 13.2 Å². The highest BCUT2D eigenvalue weighted by Crippen LogP contribution is 2.38. The summed E-state index contributed by atoms with van der Waals surface area (Å²) in [6.07, 6.45) is -0.719. The fraction of sp³-hybridized carbons (Fsp3) is 0.360. The second-order valence-corrected chi connectivity index (χ2v) is 10.0. The van der Waals surface area contributed by atoms with E-state index < -0.39 is 11.1 Å². The summed E-state index contributed by atoms with van der Waals surface area (Å²) in [5, 5.41) is 0. The third-order valence-electron chi connectivity index (χ3n) is 6.82. The first-order chi connectivity index (χ1) is 16.3. The monoisotopic (exact) mass is 487 g/mol. The molecule has 2 aliphatic rings. The first kappa shape index (κ1) is 22.7. The number of alkyl halides is 3. The summed E-state index contributed by atoms with van der Waals surface area (Å²) in [5.74, 6) is 0.928. The van der Waals surface area contributed by atoms with Crippen molar-refractivity contribution in [3.63, 3.8) is 0 Å². The minimum absolute atomic E-state index is 0.0366. The molecule has 0 saturated carbocycles. The molecule has 0 atom stereocenters. The molecule has 2 aromatic heterocycles. The molecule has 0 radical (unpaired) electrons. The molecule has 0 spiro atoms. The number of hydrogen-bond donors (Lipinski definition) is 1. The van der Waals surface area contributed by atoms with Crippen molar-refractivity contribution in [3.05, 3.63) is 70.9 Å². The minimum Gasteiger partial charge on any atom is -0.357 e. The molecule has 2 aliphatic heterocycles. The lowest BCUT2D eigenvalue weighted by atomic mass is 9.79. The number of carbonyl (C=O) groups is 2. The fourth-order valence-electron chi connectivity index (χ4n) is 4.79. The third-order valence-corrected chi connectivity index (χ3v) is 8.00. The number of benzene rings is 1. The quantitative estimate of drug-likeness (QED) is 0.537. The molecule has 5 nitrogen and oxygen atoms in total. The Morgan fingerprint density at radius 3 is 2.18 bits per heavy atom. The van der Waals surface area contributed by atoms with Gasteiger partial charge in [-0.3, -0.25) is 9.59 Å². The van der Waals surface area contributed by atoms with Crippen molar-refractivity contribution in [1.82, 2.24) is 14.8 Å². The molecular formula is C25H24F3N3O2S. The van der Waals surface area contributed by atoms with Gasteiger partial charge in [-0.25, -0.2) is 0 Å². The second-order valence-electron chi connectivity index (χ2n) is 8.92. The average Bonchev–Trinajstić information content (AvgIpc) is 3.50. The van der Waals surface area contributed by atoms with Crippen molar-refractivity contribution in [3.8, 4) is 10.4 Å². The fourth-order valence-corrected chi connectivity index (χ4v) is 5.67. The Bertz CT molecular complexity index is 1160. The van der Waals surface area contributed by atoms with Gasteiger partial charge in [0.15, 0.2) is 0 Å². The van der Waals surface area contributed by atoms with Crippen LogP contribution >= 0.6 is 11.3 Å². The molecule has 1 aromatic carbocycles. The van der Waals surface area contributed by atoms with Crippen LogP contribution in [0, 0.1) is 11.8 Å². The Balaban J connectivity index is 1.12. The summed E-state index contributed by atoms with van der Waals surface area (Å²) in [5.41, 5.74) is 1.82. The zero-order valence-corrected chi connectivity index (χ0v) is 19.2. The number of rotatable bonds is 4. The molecule has 0 aliphatic carbocycles. The first-order valence-corrected chi connectivity index (χ1v) is 12.1. The van der Waals surface area contributed by atoms with Crippen LogP contribution in [0.5, 0.6) is 0 Å². The highest BCUT2D eigenvalue weighted by Gasteiger charge is 2.38. The number of piperidine rings is 1. The zero-order chi connectivity index (χ0) is 23.9. The highest BCUT2D eigenvalue weighted by atomic mass is 32.1. The maximum absolute atomic E-state index is 12.8. The molecule has 2 fully saturated rings. The summed E-state index contributed by atoms with van der Waals surface area (Å²) < 4.78 is 38.5. The maximum atomic E-state index is 12.8. The molecule has 178 valence electrons. The van der Waals surface area contributed by atoms with Gasteiger partial charge in [0.1, 0.15) is 10.6 Å². The van der Waals surface area contributed by atoms with Crippen molar-refractivity contribution < 1.29 is 22.8 Å². The molecule has 0 bridgehead atoms. The van der Waals surface area contributed by atoms with Gasteiger partial charge in [0.05, 0.1) is 0 Å². The molecular weight excluding hydrogens is 463 g/mol. The molecule has 2 amide bonds. The van der Waals surface area contributed by atoms with Crippen molar-refractivity contribution >= 4 is 23.2 Å². The minimum atomic E-state index is -4.35. The van der Waals surface area contributed by atoms with E-state index in [4.69, 9.17) is 0 Å². The lowest BCUT2D eigenvalue weighted by Crippen LogP contribution is -2.54. The van der Waals surface area contributed by atoms with E-state index >= 15 is 0 Å². The predicted molar refractivity (Wildman–Crippen MR) is 124 cm³/mol. The van der Waals surface area contributed by atoms with Crippen LogP contribution in [0.25, 0.3) is 10.4 Å². The maximum Gasteiger partial charge on any atom is 0.425 e. The van der Waals surface area contributed by atoms with Crippen LogP contribution in [-0.2, 0) is 6.18 Å². The second kappa shape index (κ2) is 8.94. The lowest BCUT2D eigenvalue weighted by Gasteiger charge is -2.46. The molecule has 9 heteroatoms. The molecule has 3 aromatic rings. The van der Waals surface area contributed by atoms with Crippen LogP contribution in [0.15, 0.2) is 54.7 Å². The number of halogens is 3. The van der Waals surface area contributed by atoms with Gasteiger partial charge in [-0.1, -0.05) is 12.1 Å². The van der Waals surface area contributed by atoms with Gasteiger partial charge >= 0.3 is 6.18 Å². The van der Waals surface area contributed by atoms with Crippen molar-refractivity contribution in [2.24, 2.45) is 11.8 Å². The summed E-state index contributed by atoms with van der Waals surface area (Å²) in [6, 6.07) is 12.9. The Morgan fingerprint density at radius 2 is 1.59 bits per heavy atom. The number of aromatic amines is 1. The smallest absolute Gasteiger partial charge is 0.357 e. The predicted octanol–water partition coefficient (Wildman–Crippen LogP) is 5.39.